The Kier molecular flexibility index (Phi) is 4.38. The van der Waals surface area contributed by atoms with Gasteiger partial charge in [-0.2, -0.15) is 5.10 Å². The number of aromatic nitrogens is 7. The van der Waals surface area contributed by atoms with Crippen LogP contribution in [0.1, 0.15) is 38.0 Å². The summed E-state index contributed by atoms with van der Waals surface area (Å²) >= 11 is 0. The Morgan fingerprint density at radius 2 is 2.25 bits per heavy atom. The van der Waals surface area contributed by atoms with Gasteiger partial charge in [0.25, 0.3) is 0 Å². The van der Waals surface area contributed by atoms with Crippen LogP contribution in [-0.4, -0.2) is 40.9 Å². The van der Waals surface area contributed by atoms with Gasteiger partial charge < -0.3 is 5.32 Å². The molecule has 2 rings (SSSR count). The van der Waals surface area contributed by atoms with Gasteiger partial charge in [0.2, 0.25) is 5.91 Å². The molecule has 1 unspecified atom stereocenters. The van der Waals surface area contributed by atoms with Gasteiger partial charge in [-0.3, -0.25) is 4.79 Å². The molecule has 20 heavy (non-hydrogen) atoms. The summed E-state index contributed by atoms with van der Waals surface area (Å²) in [5.74, 6) is 1.37. The Morgan fingerprint density at radius 3 is 2.90 bits per heavy atom. The summed E-state index contributed by atoms with van der Waals surface area (Å²) in [4.78, 5) is 16.1. The van der Waals surface area contributed by atoms with Crippen LogP contribution in [0, 0.1) is 6.92 Å². The van der Waals surface area contributed by atoms with Crippen LogP contribution in [0.3, 0.4) is 0 Å². The molecular weight excluding hydrogens is 260 g/mol. The fourth-order valence-corrected chi connectivity index (χ4v) is 1.89. The molecule has 0 fully saturated rings. The minimum atomic E-state index is -0.181. The number of rotatable bonds is 6. The van der Waals surface area contributed by atoms with E-state index < -0.39 is 0 Å². The first-order chi connectivity index (χ1) is 9.61. The molecule has 0 spiro atoms. The molecule has 0 radical (unpaired) electrons. The molecule has 108 valence electrons. The van der Waals surface area contributed by atoms with Crippen LogP contribution in [0.25, 0.3) is 0 Å². The highest BCUT2D eigenvalue weighted by Gasteiger charge is 2.15. The molecule has 0 aromatic carbocycles. The van der Waals surface area contributed by atoms with Gasteiger partial charge in [-0.15, -0.1) is 5.10 Å². The molecule has 0 aliphatic rings. The number of nitrogens with zero attached hydrogens (tertiary/aromatic N) is 7. The predicted molar refractivity (Wildman–Crippen MR) is 69.4 cm³/mol. The summed E-state index contributed by atoms with van der Waals surface area (Å²) < 4.78 is 3.36. The van der Waals surface area contributed by atoms with Crippen molar-refractivity contribution in [3.8, 4) is 0 Å². The molecule has 1 atom stereocenters. The largest absolute Gasteiger partial charge is 0.346 e. The summed E-state index contributed by atoms with van der Waals surface area (Å²) in [5, 5.41) is 18.1. The van der Waals surface area contributed by atoms with Gasteiger partial charge in [0.05, 0.1) is 12.6 Å². The maximum absolute atomic E-state index is 11.9. The number of aryl methyl sites for hydroxylation is 3. The highest BCUT2D eigenvalue weighted by molar-refractivity contribution is 5.76. The zero-order chi connectivity index (χ0) is 14.5. The van der Waals surface area contributed by atoms with Gasteiger partial charge >= 0.3 is 0 Å². The van der Waals surface area contributed by atoms with E-state index in [1.165, 1.54) is 6.33 Å². The van der Waals surface area contributed by atoms with Crippen molar-refractivity contribution in [2.45, 2.75) is 46.3 Å². The maximum atomic E-state index is 11.9. The van der Waals surface area contributed by atoms with E-state index in [9.17, 15) is 4.79 Å². The van der Waals surface area contributed by atoms with E-state index >= 15 is 0 Å². The highest BCUT2D eigenvalue weighted by atomic mass is 16.1. The molecule has 2 aromatic rings. The average Bonchev–Trinajstić information content (AvgIpc) is 3.04. The first-order valence-electron chi connectivity index (χ1n) is 6.51. The second-order valence-corrected chi connectivity index (χ2v) is 4.42. The van der Waals surface area contributed by atoms with E-state index in [0.717, 1.165) is 12.4 Å². The zero-order valence-electron chi connectivity index (χ0n) is 11.8. The van der Waals surface area contributed by atoms with E-state index in [4.69, 9.17) is 0 Å². The topological polar surface area (TPSA) is 103 Å². The zero-order valence-corrected chi connectivity index (χ0v) is 11.8. The van der Waals surface area contributed by atoms with Gasteiger partial charge in [-0.1, -0.05) is 0 Å². The number of hydrogen-bond acceptors (Lipinski definition) is 6. The molecular formula is C11H18N8O. The monoisotopic (exact) mass is 278 g/mol. The number of hydrogen-bond donors (Lipinski definition) is 1. The number of nitrogens with one attached hydrogen (secondary N) is 1. The van der Waals surface area contributed by atoms with Crippen molar-refractivity contribution in [3.05, 3.63) is 18.0 Å². The second kappa shape index (κ2) is 6.22. The molecule has 9 nitrogen and oxygen atoms in total. The minimum Gasteiger partial charge on any atom is -0.346 e. The predicted octanol–water partition coefficient (Wildman–Crippen LogP) is -0.140. The standard InChI is InChI=1S/C11H18N8O/c1-4-18-11(12-7-13-18)8(2)14-10(20)5-6-19-9(3)15-16-17-19/h7-8H,4-6H2,1-3H3,(H,14,20). The number of carbonyl (C=O) groups is 1. The first kappa shape index (κ1) is 14.1. The summed E-state index contributed by atoms with van der Waals surface area (Å²) in [7, 11) is 0. The lowest BCUT2D eigenvalue weighted by atomic mass is 10.3. The first-order valence-corrected chi connectivity index (χ1v) is 6.51. The number of carbonyl (C=O) groups excluding carboxylic acids is 1. The lowest BCUT2D eigenvalue weighted by molar-refractivity contribution is -0.122. The van der Waals surface area contributed by atoms with Crippen LogP contribution in [-0.2, 0) is 17.9 Å². The third kappa shape index (κ3) is 3.16. The molecule has 0 bridgehead atoms. The number of amides is 1. The average molecular weight is 278 g/mol. The van der Waals surface area contributed by atoms with Gasteiger partial charge in [0, 0.05) is 13.0 Å². The van der Waals surface area contributed by atoms with Crippen molar-refractivity contribution < 1.29 is 4.79 Å². The third-order valence-corrected chi connectivity index (χ3v) is 2.97. The summed E-state index contributed by atoms with van der Waals surface area (Å²) in [6.07, 6.45) is 1.81. The Labute approximate surface area is 116 Å². The fourth-order valence-electron chi connectivity index (χ4n) is 1.89. The van der Waals surface area contributed by atoms with Crippen LogP contribution in [0.5, 0.6) is 0 Å². The normalized spacial score (nSPS) is 12.3. The minimum absolute atomic E-state index is 0.0712. The molecule has 2 heterocycles. The van der Waals surface area contributed by atoms with Crippen molar-refractivity contribution in [2.75, 3.05) is 0 Å². The van der Waals surface area contributed by atoms with E-state index in [2.05, 4.69) is 30.9 Å². The summed E-state index contributed by atoms with van der Waals surface area (Å²) in [5.41, 5.74) is 0. The van der Waals surface area contributed by atoms with Gasteiger partial charge in [-0.05, 0) is 31.2 Å². The Hall–Kier alpha value is -2.32. The molecule has 1 amide bonds. The quantitative estimate of drug-likeness (QED) is 0.788. The SMILES string of the molecule is CCn1ncnc1C(C)NC(=O)CCn1nnnc1C. The van der Waals surface area contributed by atoms with Crippen LogP contribution >= 0.6 is 0 Å². The fraction of sp³-hybridized carbons (Fsp3) is 0.636. The van der Waals surface area contributed by atoms with E-state index in [1.807, 2.05) is 13.8 Å². The second-order valence-electron chi connectivity index (χ2n) is 4.42. The lowest BCUT2D eigenvalue weighted by Gasteiger charge is -2.13. The van der Waals surface area contributed by atoms with Gasteiger partial charge in [0.15, 0.2) is 0 Å². The molecule has 9 heteroatoms. The molecule has 1 N–H and O–H groups in total. The maximum Gasteiger partial charge on any atom is 0.222 e. The van der Waals surface area contributed by atoms with Crippen LogP contribution in [0.4, 0.5) is 0 Å². The van der Waals surface area contributed by atoms with Gasteiger partial charge in [-0.25, -0.2) is 14.3 Å². The third-order valence-electron chi connectivity index (χ3n) is 2.97. The summed E-state index contributed by atoms with van der Waals surface area (Å²) in [6.45, 7) is 6.84. The van der Waals surface area contributed by atoms with Crippen LogP contribution in [0.2, 0.25) is 0 Å². The van der Waals surface area contributed by atoms with Crippen LogP contribution < -0.4 is 5.32 Å². The van der Waals surface area contributed by atoms with E-state index in [0.29, 0.717) is 18.8 Å². The Bertz CT molecular complexity index is 574. The van der Waals surface area contributed by atoms with E-state index in [-0.39, 0.29) is 11.9 Å². The van der Waals surface area contributed by atoms with Crippen LogP contribution in [0.15, 0.2) is 6.33 Å². The van der Waals surface area contributed by atoms with Crippen molar-refractivity contribution in [1.82, 2.24) is 40.3 Å². The van der Waals surface area contributed by atoms with Crippen molar-refractivity contribution in [1.29, 1.82) is 0 Å². The molecule has 0 aliphatic heterocycles. The molecule has 0 aliphatic carbocycles. The summed E-state index contributed by atoms with van der Waals surface area (Å²) in [6, 6.07) is -0.181. The molecule has 0 saturated heterocycles. The van der Waals surface area contributed by atoms with Crippen molar-refractivity contribution in [3.63, 3.8) is 0 Å². The molecule has 2 aromatic heterocycles. The lowest BCUT2D eigenvalue weighted by Crippen LogP contribution is -2.29. The van der Waals surface area contributed by atoms with Crippen molar-refractivity contribution in [2.24, 2.45) is 0 Å². The highest BCUT2D eigenvalue weighted by Crippen LogP contribution is 2.08. The Balaban J connectivity index is 1.87. The van der Waals surface area contributed by atoms with Gasteiger partial charge in [0.1, 0.15) is 18.0 Å². The molecule has 0 saturated carbocycles. The smallest absolute Gasteiger partial charge is 0.222 e. The Morgan fingerprint density at radius 1 is 1.45 bits per heavy atom. The number of tetrazole rings is 1. The van der Waals surface area contributed by atoms with E-state index in [1.54, 1.807) is 16.3 Å². The van der Waals surface area contributed by atoms with Crippen molar-refractivity contribution >= 4 is 5.91 Å².